The van der Waals surface area contributed by atoms with Crippen molar-refractivity contribution in [3.05, 3.63) is 28.1 Å². The van der Waals surface area contributed by atoms with Crippen LogP contribution in [0.15, 0.2) is 23.2 Å². The molecule has 0 unspecified atom stereocenters. The van der Waals surface area contributed by atoms with Gasteiger partial charge in [-0.2, -0.15) is 5.26 Å². The molecule has 0 radical (unpaired) electrons. The number of hydrogen-bond donors (Lipinski definition) is 2. The maximum absolute atomic E-state index is 11.4. The van der Waals surface area contributed by atoms with Crippen LogP contribution in [0.5, 0.6) is 0 Å². The Morgan fingerprint density at radius 3 is 2.90 bits per heavy atom. The average molecular weight is 295 g/mol. The van der Waals surface area contributed by atoms with Crippen LogP contribution < -0.4 is 10.9 Å². The summed E-state index contributed by atoms with van der Waals surface area (Å²) in [5.74, 6) is -1.19. The molecule has 1 aromatic rings. The van der Waals surface area contributed by atoms with Crippen molar-refractivity contribution in [2.45, 2.75) is 6.92 Å². The summed E-state index contributed by atoms with van der Waals surface area (Å²) in [5, 5.41) is 10.5. The largest absolute Gasteiger partial charge is 0.465 e. The molecule has 1 heterocycles. The molecule has 0 atom stereocenters. The van der Waals surface area contributed by atoms with Crippen molar-refractivity contribution in [3.8, 4) is 6.07 Å². The second-order valence-electron chi connectivity index (χ2n) is 3.31. The molecule has 2 N–H and O–H groups in total. The van der Waals surface area contributed by atoms with Crippen LogP contribution in [0.2, 0.25) is 0 Å². The van der Waals surface area contributed by atoms with E-state index in [0.717, 1.165) is 6.20 Å². The van der Waals surface area contributed by atoms with Gasteiger partial charge in [-0.15, -0.1) is 11.3 Å². The summed E-state index contributed by atoms with van der Waals surface area (Å²) >= 11 is 1.21. The summed E-state index contributed by atoms with van der Waals surface area (Å²) in [4.78, 5) is 23.1. The van der Waals surface area contributed by atoms with E-state index in [4.69, 9.17) is 10.00 Å². The zero-order valence-electron chi connectivity index (χ0n) is 10.9. The van der Waals surface area contributed by atoms with Gasteiger partial charge in [-0.1, -0.05) is 0 Å². The molecule has 0 aromatic carbocycles. The Hall–Kier alpha value is -2.53. The van der Waals surface area contributed by atoms with Gasteiger partial charge in [-0.25, -0.2) is 9.59 Å². The molecule has 1 rings (SSSR count). The second-order valence-corrected chi connectivity index (χ2v) is 4.23. The third kappa shape index (κ3) is 4.00. The van der Waals surface area contributed by atoms with Gasteiger partial charge >= 0.3 is 11.9 Å². The van der Waals surface area contributed by atoms with E-state index in [1.54, 1.807) is 24.4 Å². The zero-order chi connectivity index (χ0) is 15.0. The molecule has 0 saturated carbocycles. The van der Waals surface area contributed by atoms with Crippen LogP contribution in [0.3, 0.4) is 0 Å². The van der Waals surface area contributed by atoms with Crippen LogP contribution in [0, 0.1) is 11.3 Å². The van der Waals surface area contributed by atoms with Gasteiger partial charge in [0, 0.05) is 6.20 Å². The van der Waals surface area contributed by atoms with Crippen LogP contribution in [0.25, 0.3) is 0 Å². The fourth-order valence-electron chi connectivity index (χ4n) is 1.19. The first-order valence-electron chi connectivity index (χ1n) is 5.58. The van der Waals surface area contributed by atoms with E-state index < -0.39 is 11.9 Å². The lowest BCUT2D eigenvalue weighted by Crippen LogP contribution is -2.19. The van der Waals surface area contributed by atoms with Crippen molar-refractivity contribution in [2.24, 2.45) is 0 Å². The molecule has 0 aliphatic heterocycles. The zero-order valence-corrected chi connectivity index (χ0v) is 11.7. The fraction of sp³-hybridized carbons (Fsp3) is 0.250. The molecule has 1 aromatic heterocycles. The van der Waals surface area contributed by atoms with E-state index in [1.807, 2.05) is 0 Å². The van der Waals surface area contributed by atoms with Gasteiger partial charge in [-0.05, 0) is 18.4 Å². The van der Waals surface area contributed by atoms with Gasteiger partial charge < -0.3 is 14.9 Å². The van der Waals surface area contributed by atoms with Crippen molar-refractivity contribution in [1.82, 2.24) is 5.43 Å². The first-order valence-corrected chi connectivity index (χ1v) is 6.46. The predicted molar refractivity (Wildman–Crippen MR) is 72.7 cm³/mol. The van der Waals surface area contributed by atoms with Gasteiger partial charge in [-0.3, -0.25) is 5.43 Å². The molecule has 0 amide bonds. The van der Waals surface area contributed by atoms with Crippen LogP contribution in [0.1, 0.15) is 16.6 Å². The second kappa shape index (κ2) is 7.81. The number of rotatable bonds is 6. The molecular weight excluding hydrogens is 282 g/mol. The number of esters is 2. The normalized spacial score (nSPS) is 10.3. The lowest BCUT2D eigenvalue weighted by molar-refractivity contribution is -0.138. The number of thiophene rings is 1. The Labute approximate surface area is 119 Å². The molecule has 0 bridgehead atoms. The third-order valence-corrected chi connectivity index (χ3v) is 2.97. The number of carbonyl (C=O) groups is 2. The Kier molecular flexibility index (Phi) is 6.06. The number of carbonyl (C=O) groups excluding carboxylic acids is 2. The van der Waals surface area contributed by atoms with Crippen molar-refractivity contribution in [1.29, 1.82) is 5.26 Å². The quantitative estimate of drug-likeness (QED) is 0.354. The number of hydrazine groups is 1. The summed E-state index contributed by atoms with van der Waals surface area (Å²) in [7, 11) is 1.29. The Morgan fingerprint density at radius 1 is 1.55 bits per heavy atom. The van der Waals surface area contributed by atoms with E-state index in [2.05, 4.69) is 15.6 Å². The number of ether oxygens (including phenoxy) is 2. The molecule has 0 spiro atoms. The van der Waals surface area contributed by atoms with E-state index in [1.165, 1.54) is 18.4 Å². The van der Waals surface area contributed by atoms with Crippen LogP contribution in [-0.4, -0.2) is 25.7 Å². The lowest BCUT2D eigenvalue weighted by Gasteiger charge is -2.06. The van der Waals surface area contributed by atoms with Crippen LogP contribution in [0.4, 0.5) is 5.69 Å². The predicted octanol–water partition coefficient (Wildman–Crippen LogP) is 1.42. The molecular formula is C12H13N3O4S. The Morgan fingerprint density at radius 2 is 2.30 bits per heavy atom. The molecule has 0 fully saturated rings. The van der Waals surface area contributed by atoms with Crippen molar-refractivity contribution >= 4 is 29.0 Å². The number of nitrogens with one attached hydrogen (secondary N) is 2. The first-order chi connectivity index (χ1) is 9.63. The summed E-state index contributed by atoms with van der Waals surface area (Å²) in [5.41, 5.74) is 5.56. The van der Waals surface area contributed by atoms with Gasteiger partial charge in [0.15, 0.2) is 5.57 Å². The van der Waals surface area contributed by atoms with E-state index in [0.29, 0.717) is 10.6 Å². The molecule has 0 aliphatic carbocycles. The number of nitrogens with zero attached hydrogens (tertiary/aromatic N) is 1. The van der Waals surface area contributed by atoms with Crippen molar-refractivity contribution < 1.29 is 19.1 Å². The van der Waals surface area contributed by atoms with E-state index in [9.17, 15) is 9.59 Å². The lowest BCUT2D eigenvalue weighted by atomic mass is 10.3. The number of hydrogen-bond acceptors (Lipinski definition) is 8. The summed E-state index contributed by atoms with van der Waals surface area (Å²) in [6.07, 6.45) is 1.16. The van der Waals surface area contributed by atoms with Gasteiger partial charge in [0.1, 0.15) is 10.9 Å². The summed E-state index contributed by atoms with van der Waals surface area (Å²) in [6, 6.07) is 3.37. The highest BCUT2D eigenvalue weighted by Crippen LogP contribution is 2.22. The monoisotopic (exact) mass is 295 g/mol. The molecule has 106 valence electrons. The Bertz CT molecular complexity index is 559. The maximum Gasteiger partial charge on any atom is 0.350 e. The number of methoxy groups -OCH3 is 1. The smallest absolute Gasteiger partial charge is 0.350 e. The minimum Gasteiger partial charge on any atom is -0.465 e. The third-order valence-electron chi connectivity index (χ3n) is 2.08. The van der Waals surface area contributed by atoms with Gasteiger partial charge in [0.2, 0.25) is 0 Å². The van der Waals surface area contributed by atoms with Gasteiger partial charge in [0.25, 0.3) is 0 Å². The van der Waals surface area contributed by atoms with Crippen LogP contribution >= 0.6 is 11.3 Å². The first kappa shape index (κ1) is 15.5. The molecule has 0 aliphatic rings. The SMILES string of the molecule is CCOC(=O)/C(C#N)=C/NNc1ccsc1C(=O)OC. The highest BCUT2D eigenvalue weighted by molar-refractivity contribution is 7.12. The standard InChI is InChI=1S/C12H13N3O4S/c1-3-19-11(16)8(6-13)7-14-15-9-4-5-20-10(9)12(17)18-2/h4-5,7,14-15H,3H2,1-2H3/b8-7+. The topological polar surface area (TPSA) is 100 Å². The van der Waals surface area contributed by atoms with Crippen molar-refractivity contribution in [2.75, 3.05) is 19.1 Å². The van der Waals surface area contributed by atoms with E-state index >= 15 is 0 Å². The number of anilines is 1. The van der Waals surface area contributed by atoms with E-state index in [-0.39, 0.29) is 12.2 Å². The summed E-state index contributed by atoms with van der Waals surface area (Å²) in [6.45, 7) is 1.83. The van der Waals surface area contributed by atoms with Gasteiger partial charge in [0.05, 0.1) is 19.4 Å². The fourth-order valence-corrected chi connectivity index (χ4v) is 1.96. The Balaban J connectivity index is 2.68. The molecule has 0 saturated heterocycles. The minimum absolute atomic E-state index is 0.183. The molecule has 20 heavy (non-hydrogen) atoms. The highest BCUT2D eigenvalue weighted by Gasteiger charge is 2.13. The highest BCUT2D eigenvalue weighted by atomic mass is 32.1. The average Bonchev–Trinajstić information content (AvgIpc) is 2.91. The summed E-state index contributed by atoms with van der Waals surface area (Å²) < 4.78 is 9.31. The maximum atomic E-state index is 11.4. The van der Waals surface area contributed by atoms with Crippen LogP contribution in [-0.2, 0) is 14.3 Å². The molecule has 7 nitrogen and oxygen atoms in total. The van der Waals surface area contributed by atoms with Crippen molar-refractivity contribution in [3.63, 3.8) is 0 Å². The minimum atomic E-state index is -0.720. The number of nitriles is 1. The molecule has 8 heteroatoms.